The molecular formula is C18H20O. The topological polar surface area (TPSA) is 20.2 Å². The molecule has 0 saturated heterocycles. The first-order valence-corrected chi connectivity index (χ1v) is 7.11. The maximum absolute atomic E-state index is 10.8. The lowest BCUT2D eigenvalue weighted by atomic mass is 9.71. The number of rotatable bonds is 2. The van der Waals surface area contributed by atoms with Crippen molar-refractivity contribution in [1.82, 2.24) is 0 Å². The zero-order valence-electron chi connectivity index (χ0n) is 11.3. The van der Waals surface area contributed by atoms with Crippen molar-refractivity contribution in [2.45, 2.75) is 37.7 Å². The van der Waals surface area contributed by atoms with Crippen molar-refractivity contribution >= 4 is 0 Å². The molecule has 1 aliphatic carbocycles. The van der Waals surface area contributed by atoms with Crippen LogP contribution in [0.3, 0.4) is 0 Å². The number of aliphatic hydroxyl groups is 1. The first-order valence-electron chi connectivity index (χ1n) is 7.11. The van der Waals surface area contributed by atoms with Crippen molar-refractivity contribution < 1.29 is 5.11 Å². The number of fused-ring (bicyclic) bond motifs is 1. The largest absolute Gasteiger partial charge is 0.385 e. The third kappa shape index (κ3) is 2.08. The Labute approximate surface area is 114 Å². The summed E-state index contributed by atoms with van der Waals surface area (Å²) in [5.74, 6) is 0.421. The zero-order chi connectivity index (χ0) is 13.3. The van der Waals surface area contributed by atoms with Crippen molar-refractivity contribution in [3.8, 4) is 0 Å². The number of hydrogen-bond acceptors (Lipinski definition) is 1. The van der Waals surface area contributed by atoms with E-state index < -0.39 is 5.60 Å². The summed E-state index contributed by atoms with van der Waals surface area (Å²) in [6.45, 7) is 2.07. The fourth-order valence-electron chi connectivity index (χ4n) is 3.30. The molecule has 0 radical (unpaired) electrons. The highest BCUT2D eigenvalue weighted by Gasteiger charge is 2.36. The molecule has 0 unspecified atom stereocenters. The van der Waals surface area contributed by atoms with E-state index in [1.165, 1.54) is 11.1 Å². The molecule has 3 rings (SSSR count). The monoisotopic (exact) mass is 252 g/mol. The van der Waals surface area contributed by atoms with Crippen LogP contribution in [0.5, 0.6) is 0 Å². The van der Waals surface area contributed by atoms with Gasteiger partial charge in [-0.2, -0.15) is 0 Å². The maximum Gasteiger partial charge on any atom is 0.0897 e. The first-order chi connectivity index (χ1) is 9.24. The van der Waals surface area contributed by atoms with Gasteiger partial charge in [0, 0.05) is 5.92 Å². The molecule has 1 N–H and O–H groups in total. The van der Waals surface area contributed by atoms with Gasteiger partial charge < -0.3 is 5.11 Å². The van der Waals surface area contributed by atoms with Gasteiger partial charge in [-0.3, -0.25) is 0 Å². The van der Waals surface area contributed by atoms with E-state index in [9.17, 15) is 5.11 Å². The lowest BCUT2D eigenvalue weighted by Crippen LogP contribution is -2.31. The van der Waals surface area contributed by atoms with Crippen LogP contribution in [0.15, 0.2) is 54.6 Å². The standard InChI is InChI=1S/C18H20O/c1-2-18(19)13-12-15(14-8-4-3-5-9-14)16-10-6-7-11-17(16)18/h3-11,15,19H,2,12-13H2,1H3/t15-,18-/m0/s1. The summed E-state index contributed by atoms with van der Waals surface area (Å²) < 4.78 is 0. The Morgan fingerprint density at radius 2 is 1.74 bits per heavy atom. The fourth-order valence-corrected chi connectivity index (χ4v) is 3.30. The second-order valence-electron chi connectivity index (χ2n) is 5.47. The number of hydrogen-bond donors (Lipinski definition) is 1. The van der Waals surface area contributed by atoms with Gasteiger partial charge in [-0.15, -0.1) is 0 Å². The van der Waals surface area contributed by atoms with Gasteiger partial charge in [0.25, 0.3) is 0 Å². The fraction of sp³-hybridized carbons (Fsp3) is 0.333. The molecular weight excluding hydrogens is 232 g/mol. The lowest BCUT2D eigenvalue weighted by molar-refractivity contribution is 0.0127. The van der Waals surface area contributed by atoms with Crippen molar-refractivity contribution in [3.05, 3.63) is 71.3 Å². The summed E-state index contributed by atoms with van der Waals surface area (Å²) in [5, 5.41) is 10.8. The van der Waals surface area contributed by atoms with Gasteiger partial charge in [-0.25, -0.2) is 0 Å². The van der Waals surface area contributed by atoms with Gasteiger partial charge in [0.15, 0.2) is 0 Å². The van der Waals surface area contributed by atoms with Gasteiger partial charge in [0.05, 0.1) is 5.60 Å². The van der Waals surface area contributed by atoms with Gasteiger partial charge in [0.1, 0.15) is 0 Å². The van der Waals surface area contributed by atoms with Crippen LogP contribution in [0, 0.1) is 0 Å². The van der Waals surface area contributed by atoms with Gasteiger partial charge >= 0.3 is 0 Å². The maximum atomic E-state index is 10.8. The molecule has 0 amide bonds. The second kappa shape index (κ2) is 4.82. The summed E-state index contributed by atoms with van der Waals surface area (Å²) in [6.07, 6.45) is 2.65. The highest BCUT2D eigenvalue weighted by atomic mass is 16.3. The summed E-state index contributed by atoms with van der Waals surface area (Å²) >= 11 is 0. The van der Waals surface area contributed by atoms with Crippen molar-refractivity contribution in [2.24, 2.45) is 0 Å². The summed E-state index contributed by atoms with van der Waals surface area (Å²) in [4.78, 5) is 0. The third-order valence-corrected chi connectivity index (χ3v) is 4.47. The van der Waals surface area contributed by atoms with Crippen molar-refractivity contribution in [2.75, 3.05) is 0 Å². The van der Waals surface area contributed by atoms with Crippen LogP contribution in [0.2, 0.25) is 0 Å². The van der Waals surface area contributed by atoms with Crippen LogP contribution in [-0.4, -0.2) is 5.11 Å². The van der Waals surface area contributed by atoms with Crippen LogP contribution in [0.4, 0.5) is 0 Å². The van der Waals surface area contributed by atoms with E-state index in [2.05, 4.69) is 55.5 Å². The van der Waals surface area contributed by atoms with Crippen LogP contribution in [-0.2, 0) is 5.60 Å². The minimum atomic E-state index is -0.637. The van der Waals surface area contributed by atoms with E-state index in [1.54, 1.807) is 0 Å². The molecule has 0 saturated carbocycles. The summed E-state index contributed by atoms with van der Waals surface area (Å²) in [6, 6.07) is 19.0. The van der Waals surface area contributed by atoms with Crippen LogP contribution in [0.25, 0.3) is 0 Å². The van der Waals surface area contributed by atoms with Crippen molar-refractivity contribution in [3.63, 3.8) is 0 Å². The molecule has 1 aliphatic rings. The van der Waals surface area contributed by atoms with E-state index in [0.29, 0.717) is 5.92 Å². The van der Waals surface area contributed by atoms with E-state index in [-0.39, 0.29) is 0 Å². The predicted molar refractivity (Wildman–Crippen MR) is 78.1 cm³/mol. The van der Waals surface area contributed by atoms with Gasteiger partial charge in [-0.1, -0.05) is 61.5 Å². The molecule has 0 aromatic heterocycles. The molecule has 2 aromatic carbocycles. The number of benzene rings is 2. The molecule has 0 fully saturated rings. The molecule has 19 heavy (non-hydrogen) atoms. The summed E-state index contributed by atoms with van der Waals surface area (Å²) in [5.41, 5.74) is 3.14. The molecule has 0 spiro atoms. The smallest absolute Gasteiger partial charge is 0.0897 e. The Balaban J connectivity index is 2.10. The van der Waals surface area contributed by atoms with Gasteiger partial charge in [-0.05, 0) is 36.0 Å². The van der Waals surface area contributed by atoms with Crippen LogP contribution in [0.1, 0.15) is 48.8 Å². The van der Waals surface area contributed by atoms with E-state index in [1.807, 2.05) is 6.07 Å². The summed E-state index contributed by atoms with van der Waals surface area (Å²) in [7, 11) is 0. The van der Waals surface area contributed by atoms with Crippen molar-refractivity contribution in [1.29, 1.82) is 0 Å². The molecule has 2 atom stereocenters. The average Bonchev–Trinajstić information content (AvgIpc) is 2.49. The quantitative estimate of drug-likeness (QED) is 0.849. The average molecular weight is 252 g/mol. The van der Waals surface area contributed by atoms with Gasteiger partial charge in [0.2, 0.25) is 0 Å². The Bertz CT molecular complexity index is 561. The molecule has 1 nitrogen and oxygen atoms in total. The molecule has 0 aliphatic heterocycles. The van der Waals surface area contributed by atoms with E-state index in [0.717, 1.165) is 24.8 Å². The van der Waals surface area contributed by atoms with Crippen LogP contribution < -0.4 is 0 Å². The van der Waals surface area contributed by atoms with Crippen LogP contribution >= 0.6 is 0 Å². The zero-order valence-corrected chi connectivity index (χ0v) is 11.3. The molecule has 98 valence electrons. The second-order valence-corrected chi connectivity index (χ2v) is 5.47. The Morgan fingerprint density at radius 1 is 1.05 bits per heavy atom. The highest BCUT2D eigenvalue weighted by molar-refractivity contribution is 5.43. The SMILES string of the molecule is CC[C@]1(O)CC[C@@H](c2ccccc2)c2ccccc21. The Morgan fingerprint density at radius 3 is 2.47 bits per heavy atom. The molecule has 0 heterocycles. The Kier molecular flexibility index (Phi) is 3.16. The molecule has 2 aromatic rings. The normalized spacial score (nSPS) is 25.9. The highest BCUT2D eigenvalue weighted by Crippen LogP contribution is 2.45. The minimum Gasteiger partial charge on any atom is -0.385 e. The van der Waals surface area contributed by atoms with E-state index >= 15 is 0 Å². The molecule has 1 heteroatoms. The molecule has 0 bridgehead atoms. The minimum absolute atomic E-state index is 0.421. The van der Waals surface area contributed by atoms with E-state index in [4.69, 9.17) is 0 Å². The first kappa shape index (κ1) is 12.4. The Hall–Kier alpha value is -1.60. The third-order valence-electron chi connectivity index (χ3n) is 4.47. The lowest BCUT2D eigenvalue weighted by Gasteiger charge is -2.38. The predicted octanol–water partition coefficient (Wildman–Crippen LogP) is 4.21.